The molecule has 0 spiro atoms. The summed E-state index contributed by atoms with van der Waals surface area (Å²) in [5, 5.41) is 9.78. The average molecular weight is 388 g/mol. The van der Waals surface area contributed by atoms with Gasteiger partial charge in [0.25, 0.3) is 0 Å². The number of aromatic amines is 1. The number of nitriles is 1. The van der Waals surface area contributed by atoms with E-state index in [1.54, 1.807) is 20.3 Å². The lowest BCUT2D eigenvalue weighted by Gasteiger charge is -2.22. The first-order chi connectivity index (χ1) is 14.1. The van der Waals surface area contributed by atoms with Crippen molar-refractivity contribution in [2.45, 2.75) is 19.8 Å². The molecular formula is C23H24N4O2. The molecule has 0 amide bonds. The molecule has 1 aliphatic rings. The molecular weight excluding hydrogens is 364 g/mol. The van der Waals surface area contributed by atoms with Gasteiger partial charge in [-0.25, -0.2) is 4.98 Å². The van der Waals surface area contributed by atoms with E-state index in [0.717, 1.165) is 46.7 Å². The number of aryl methyl sites for hydroxylation is 1. The smallest absolute Gasteiger partial charge is 0.149 e. The molecule has 0 aliphatic carbocycles. The van der Waals surface area contributed by atoms with Crippen LogP contribution in [-0.4, -0.2) is 37.3 Å². The topological polar surface area (TPSA) is 74.2 Å². The monoisotopic (exact) mass is 388 g/mol. The highest BCUT2D eigenvalue weighted by Gasteiger charge is 2.20. The van der Waals surface area contributed by atoms with Gasteiger partial charge in [0.05, 0.1) is 36.5 Å². The summed E-state index contributed by atoms with van der Waals surface area (Å²) in [7, 11) is 3.31. The van der Waals surface area contributed by atoms with Crippen LogP contribution in [0.15, 0.2) is 30.3 Å². The fourth-order valence-electron chi connectivity index (χ4n) is 3.78. The van der Waals surface area contributed by atoms with Gasteiger partial charge in [0.2, 0.25) is 0 Å². The first-order valence-electron chi connectivity index (χ1n) is 9.72. The number of methoxy groups -OCH3 is 2. The molecule has 148 valence electrons. The highest BCUT2D eigenvalue weighted by molar-refractivity contribution is 5.92. The molecule has 3 aromatic rings. The Labute approximate surface area is 170 Å². The van der Waals surface area contributed by atoms with Crippen molar-refractivity contribution in [2.24, 2.45) is 0 Å². The van der Waals surface area contributed by atoms with Gasteiger partial charge in [-0.15, -0.1) is 0 Å². The predicted molar refractivity (Wildman–Crippen MR) is 115 cm³/mol. The van der Waals surface area contributed by atoms with Crippen LogP contribution < -0.4 is 14.4 Å². The molecule has 6 nitrogen and oxygen atoms in total. The predicted octanol–water partition coefficient (Wildman–Crippen LogP) is 4.55. The second-order valence-electron chi connectivity index (χ2n) is 7.24. The molecule has 2 heterocycles. The maximum Gasteiger partial charge on any atom is 0.149 e. The molecule has 1 aliphatic heterocycles. The molecule has 0 unspecified atom stereocenters. The van der Waals surface area contributed by atoms with E-state index in [2.05, 4.69) is 20.9 Å². The molecule has 1 N–H and O–H groups in total. The molecule has 0 radical (unpaired) electrons. The average Bonchev–Trinajstić information content (AvgIpc) is 3.41. The highest BCUT2D eigenvalue weighted by Crippen LogP contribution is 2.38. The van der Waals surface area contributed by atoms with E-state index in [4.69, 9.17) is 9.47 Å². The number of imidazole rings is 1. The molecule has 0 atom stereocenters. The number of hydrogen-bond donors (Lipinski definition) is 1. The number of H-pyrrole nitrogens is 1. The highest BCUT2D eigenvalue weighted by atomic mass is 16.5. The molecule has 4 rings (SSSR count). The molecule has 1 fully saturated rings. The minimum Gasteiger partial charge on any atom is -0.496 e. The molecule has 1 saturated heterocycles. The third-order valence-electron chi connectivity index (χ3n) is 5.29. The van der Waals surface area contributed by atoms with Crippen LogP contribution >= 0.6 is 0 Å². The normalized spacial score (nSPS) is 14.3. The number of ether oxygens (including phenoxy) is 2. The summed E-state index contributed by atoms with van der Waals surface area (Å²) < 4.78 is 11.3. The zero-order chi connectivity index (χ0) is 20.4. The van der Waals surface area contributed by atoms with Crippen LogP contribution in [0.2, 0.25) is 0 Å². The number of aromatic nitrogens is 2. The van der Waals surface area contributed by atoms with Crippen LogP contribution in [0.25, 0.3) is 22.7 Å². The fraction of sp³-hybridized carbons (Fsp3) is 0.304. The van der Waals surface area contributed by atoms with Crippen LogP contribution in [0.4, 0.5) is 5.69 Å². The minimum absolute atomic E-state index is 0.438. The molecule has 1 aromatic heterocycles. The summed E-state index contributed by atoms with van der Waals surface area (Å²) in [6, 6.07) is 12.2. The zero-order valence-electron chi connectivity index (χ0n) is 17.0. The van der Waals surface area contributed by atoms with Gasteiger partial charge in [0.1, 0.15) is 23.4 Å². The Kier molecular flexibility index (Phi) is 5.13. The maximum atomic E-state index is 9.78. The van der Waals surface area contributed by atoms with Crippen LogP contribution in [0, 0.1) is 18.3 Å². The van der Waals surface area contributed by atoms with Gasteiger partial charge < -0.3 is 19.4 Å². The Morgan fingerprint density at radius 3 is 2.59 bits per heavy atom. The quantitative estimate of drug-likeness (QED) is 0.649. The first kappa shape index (κ1) is 18.9. The van der Waals surface area contributed by atoms with Gasteiger partial charge in [-0.05, 0) is 49.6 Å². The summed E-state index contributed by atoms with van der Waals surface area (Å²) in [6.45, 7) is 4.05. The number of anilines is 1. The summed E-state index contributed by atoms with van der Waals surface area (Å²) >= 11 is 0. The lowest BCUT2D eigenvalue weighted by molar-refractivity contribution is 0.402. The minimum atomic E-state index is 0.438. The summed E-state index contributed by atoms with van der Waals surface area (Å²) in [6.07, 6.45) is 4.15. The van der Waals surface area contributed by atoms with Crippen molar-refractivity contribution in [1.29, 1.82) is 5.26 Å². The van der Waals surface area contributed by atoms with E-state index in [1.165, 1.54) is 12.8 Å². The lowest BCUT2D eigenvalue weighted by Crippen LogP contribution is -2.18. The number of nitrogens with one attached hydrogen (secondary N) is 1. The van der Waals surface area contributed by atoms with Crippen LogP contribution in [0.1, 0.15) is 29.8 Å². The number of rotatable bonds is 5. The summed E-state index contributed by atoms with van der Waals surface area (Å²) in [4.78, 5) is 10.1. The van der Waals surface area contributed by atoms with Gasteiger partial charge in [-0.2, -0.15) is 5.26 Å². The van der Waals surface area contributed by atoms with Gasteiger partial charge in [-0.1, -0.05) is 6.07 Å². The molecule has 0 bridgehead atoms. The fourth-order valence-corrected chi connectivity index (χ4v) is 3.78. The van der Waals surface area contributed by atoms with Crippen LogP contribution in [0.3, 0.4) is 0 Å². The number of hydrogen-bond acceptors (Lipinski definition) is 5. The van der Waals surface area contributed by atoms with Crippen molar-refractivity contribution < 1.29 is 9.47 Å². The summed E-state index contributed by atoms with van der Waals surface area (Å²) in [5.41, 5.74) is 5.13. The van der Waals surface area contributed by atoms with Gasteiger partial charge in [-0.3, -0.25) is 0 Å². The van der Waals surface area contributed by atoms with Crippen molar-refractivity contribution >= 4 is 28.4 Å². The Balaban J connectivity index is 1.78. The number of allylic oxidation sites excluding steroid dienone is 1. The van der Waals surface area contributed by atoms with E-state index >= 15 is 0 Å². The van der Waals surface area contributed by atoms with Crippen molar-refractivity contribution in [3.8, 4) is 17.6 Å². The van der Waals surface area contributed by atoms with Crippen molar-refractivity contribution in [3.63, 3.8) is 0 Å². The third kappa shape index (κ3) is 3.64. The van der Waals surface area contributed by atoms with Crippen LogP contribution in [0.5, 0.6) is 11.5 Å². The van der Waals surface area contributed by atoms with Gasteiger partial charge in [0, 0.05) is 24.7 Å². The first-order valence-corrected chi connectivity index (χ1v) is 9.72. The molecule has 6 heteroatoms. The van der Waals surface area contributed by atoms with E-state index in [9.17, 15) is 5.26 Å². The van der Waals surface area contributed by atoms with E-state index < -0.39 is 0 Å². The SMILES string of the molecule is COc1cc(N2CCCC2)c(OC)cc1/C=C(/C#N)c1nc2ccc(C)cc2[nH]1. The maximum absolute atomic E-state index is 9.78. The van der Waals surface area contributed by atoms with Gasteiger partial charge >= 0.3 is 0 Å². The van der Waals surface area contributed by atoms with E-state index in [-0.39, 0.29) is 0 Å². The third-order valence-corrected chi connectivity index (χ3v) is 5.29. The number of benzene rings is 2. The molecule has 0 saturated carbocycles. The second-order valence-corrected chi connectivity index (χ2v) is 7.24. The molecule has 2 aromatic carbocycles. The van der Waals surface area contributed by atoms with E-state index in [0.29, 0.717) is 17.1 Å². The van der Waals surface area contributed by atoms with Gasteiger partial charge in [0.15, 0.2) is 0 Å². The second kappa shape index (κ2) is 7.88. The van der Waals surface area contributed by atoms with Crippen molar-refractivity contribution in [1.82, 2.24) is 9.97 Å². The lowest BCUT2D eigenvalue weighted by atomic mass is 10.1. The zero-order valence-corrected chi connectivity index (χ0v) is 17.0. The Bertz CT molecular complexity index is 1120. The van der Waals surface area contributed by atoms with Crippen molar-refractivity contribution in [2.75, 3.05) is 32.2 Å². The number of nitrogens with zero attached hydrogens (tertiary/aromatic N) is 3. The molecule has 29 heavy (non-hydrogen) atoms. The number of fused-ring (bicyclic) bond motifs is 1. The Morgan fingerprint density at radius 1 is 1.14 bits per heavy atom. The standard InChI is InChI=1S/C23H24N4O2/c1-15-6-7-18-19(10-15)26-23(25-18)17(14-24)11-16-12-22(29-3)20(13-21(16)28-2)27-8-4-5-9-27/h6-7,10-13H,4-5,8-9H2,1-3H3,(H,25,26)/b17-11-. The van der Waals surface area contributed by atoms with Crippen molar-refractivity contribution in [3.05, 3.63) is 47.3 Å². The van der Waals surface area contributed by atoms with Crippen LogP contribution in [-0.2, 0) is 0 Å². The Morgan fingerprint density at radius 2 is 1.90 bits per heavy atom. The summed E-state index contributed by atoms with van der Waals surface area (Å²) in [5.74, 6) is 2.02. The largest absolute Gasteiger partial charge is 0.496 e. The van der Waals surface area contributed by atoms with E-state index in [1.807, 2.05) is 37.3 Å². The Hall–Kier alpha value is -3.46.